The van der Waals surface area contributed by atoms with Crippen LogP contribution < -0.4 is 21.5 Å². The van der Waals surface area contributed by atoms with E-state index in [9.17, 15) is 33.6 Å². The summed E-state index contributed by atoms with van der Waals surface area (Å²) < 4.78 is 38.2. The van der Waals surface area contributed by atoms with Crippen LogP contribution in [0, 0.1) is 0 Å². The second-order valence-corrected chi connectivity index (χ2v) is 13.6. The number of carboxylic acid groups (broad SMARTS) is 1. The van der Waals surface area contributed by atoms with Gasteiger partial charge in [-0.05, 0) is 34.1 Å². The number of nitrogens with zero attached hydrogens (tertiary/aromatic N) is 5. The van der Waals surface area contributed by atoms with Crippen LogP contribution in [0.1, 0.15) is 66.8 Å². The number of rotatable bonds is 16. The molecule has 0 aromatic carbocycles. The van der Waals surface area contributed by atoms with Crippen LogP contribution in [0.15, 0.2) is 4.79 Å². The number of carbonyl (C=O) groups excluding carboxylic acids is 3. The number of primary amides is 1. The fourth-order valence-corrected chi connectivity index (χ4v) is 7.53. The zero-order valence-electron chi connectivity index (χ0n) is 26.7. The Balaban J connectivity index is 2.10. The molecule has 0 aliphatic carbocycles. The number of hydrogen-bond acceptors (Lipinski definition) is 13. The zero-order chi connectivity index (χ0) is 34.5. The molecule has 0 radical (unpaired) electrons. The highest BCUT2D eigenvalue weighted by Gasteiger charge is 2.52. The minimum absolute atomic E-state index is 0.123. The molecule has 1 amide bonds. The summed E-state index contributed by atoms with van der Waals surface area (Å²) in [4.78, 5) is 62.3. The average molecular weight is 673 g/mol. The molecule has 1 saturated heterocycles. The van der Waals surface area contributed by atoms with Crippen LogP contribution in [0.4, 0.5) is 0 Å². The van der Waals surface area contributed by atoms with Crippen LogP contribution in [0.5, 0.6) is 0 Å². The van der Waals surface area contributed by atoms with Crippen molar-refractivity contribution in [3.05, 3.63) is 16.0 Å². The topological polar surface area (TPSA) is 258 Å². The van der Waals surface area contributed by atoms with Crippen molar-refractivity contribution in [2.75, 3.05) is 6.61 Å². The summed E-state index contributed by atoms with van der Waals surface area (Å²) >= 11 is 0. The van der Waals surface area contributed by atoms with Crippen molar-refractivity contribution < 1.29 is 47.8 Å². The number of nitrogens with one attached hydrogen (secondary N) is 2. The highest BCUT2D eigenvalue weighted by atomic mass is 31.2. The van der Waals surface area contributed by atoms with Crippen molar-refractivity contribution in [1.29, 1.82) is 0 Å². The van der Waals surface area contributed by atoms with Crippen LogP contribution in [0.2, 0.25) is 0 Å². The quantitative estimate of drug-likeness (QED) is 0.133. The minimum Gasteiger partial charge on any atom is -0.479 e. The number of ether oxygens (including phenoxy) is 4. The first-order valence-corrected chi connectivity index (χ1v) is 16.4. The molecule has 0 saturated carbocycles. The molecule has 5 atom stereocenters. The fourth-order valence-electron chi connectivity index (χ4n) is 5.04. The first-order chi connectivity index (χ1) is 21.5. The van der Waals surface area contributed by atoms with Gasteiger partial charge in [-0.25, -0.2) is 19.7 Å². The van der Waals surface area contributed by atoms with E-state index in [1.54, 1.807) is 27.7 Å². The summed E-state index contributed by atoms with van der Waals surface area (Å²) in [6, 6.07) is -0.809. The third kappa shape index (κ3) is 8.52. The van der Waals surface area contributed by atoms with Crippen LogP contribution in [0.3, 0.4) is 0 Å². The maximum absolute atomic E-state index is 13.9. The number of carboxylic acids is 1. The van der Waals surface area contributed by atoms with Crippen LogP contribution >= 0.6 is 7.44 Å². The van der Waals surface area contributed by atoms with Gasteiger partial charge >= 0.3 is 17.9 Å². The van der Waals surface area contributed by atoms with E-state index in [1.165, 1.54) is 0 Å². The number of aliphatic carboxylic acids is 1. The lowest BCUT2D eigenvalue weighted by Crippen LogP contribution is -2.44. The SMILES string of the molecule is CCCc1nn(CC(N)=O)c2c(=O)n(C3OC(COC(C(=O)O)P(=O)(NC(C)C)NC(C)C)C(OC(C)=O)C3OC(C)=O)nnc12. The predicted molar refractivity (Wildman–Crippen MR) is 159 cm³/mol. The predicted octanol–water partition coefficient (Wildman–Crippen LogP) is -0.197. The Morgan fingerprint density at radius 3 is 2.15 bits per heavy atom. The molecule has 2 aromatic rings. The monoisotopic (exact) mass is 672 g/mol. The number of amides is 1. The number of esters is 2. The van der Waals surface area contributed by atoms with E-state index < -0.39 is 92.4 Å². The number of nitrogens with two attached hydrogens (primary N) is 1. The molecule has 20 heteroatoms. The van der Waals surface area contributed by atoms with Gasteiger partial charge in [0.2, 0.25) is 11.8 Å². The molecule has 5 N–H and O–H groups in total. The van der Waals surface area contributed by atoms with E-state index in [2.05, 4.69) is 25.6 Å². The van der Waals surface area contributed by atoms with Crippen LogP contribution in [-0.2, 0) is 55.7 Å². The molecule has 256 valence electrons. The van der Waals surface area contributed by atoms with Crippen molar-refractivity contribution in [2.24, 2.45) is 5.73 Å². The molecular formula is C26H41N8O11P. The third-order valence-corrected chi connectivity index (χ3v) is 9.26. The van der Waals surface area contributed by atoms with E-state index in [1.807, 2.05) is 6.92 Å². The maximum Gasteiger partial charge on any atom is 0.343 e. The molecule has 1 aliphatic heterocycles. The Morgan fingerprint density at radius 2 is 1.65 bits per heavy atom. The van der Waals surface area contributed by atoms with E-state index in [0.717, 1.165) is 23.2 Å². The van der Waals surface area contributed by atoms with Gasteiger partial charge in [0, 0.05) is 25.9 Å². The summed E-state index contributed by atoms with van der Waals surface area (Å²) in [7, 11) is -3.96. The van der Waals surface area contributed by atoms with Crippen molar-refractivity contribution in [3.63, 3.8) is 0 Å². The standard InChI is InChI=1S/C26H41N8O11P/c1-8-9-16-19-20(33(29-16)10-18(27)37)23(38)34(32-28-19)24-22(44-15(7)36)21(43-14(6)35)17(45-24)11-42-26(25(39)40)46(41,30-12(2)3)31-13(4)5/h12-13,17,21-22,24,26H,8-11H2,1-7H3,(H2,27,37)(H,39,40)(H2,30,31,41). The zero-order valence-corrected chi connectivity index (χ0v) is 27.6. The lowest BCUT2D eigenvalue weighted by molar-refractivity contribution is -0.166. The maximum atomic E-state index is 13.9. The Bertz CT molecular complexity index is 1540. The average Bonchev–Trinajstić information content (AvgIpc) is 3.40. The van der Waals surface area contributed by atoms with Gasteiger partial charge in [0.05, 0.1) is 12.3 Å². The first-order valence-electron chi connectivity index (χ1n) is 14.6. The lowest BCUT2D eigenvalue weighted by atomic mass is 10.1. The van der Waals surface area contributed by atoms with Gasteiger partial charge in [0.1, 0.15) is 18.2 Å². The second kappa shape index (κ2) is 15.2. The summed E-state index contributed by atoms with van der Waals surface area (Å²) in [5, 5.41) is 27.9. The number of carbonyl (C=O) groups is 4. The van der Waals surface area contributed by atoms with Crippen molar-refractivity contribution in [2.45, 2.75) is 110 Å². The molecule has 3 rings (SSSR count). The summed E-state index contributed by atoms with van der Waals surface area (Å²) in [5.74, 6) is -5.92. The molecule has 5 unspecified atom stereocenters. The Labute approximate surface area is 263 Å². The third-order valence-electron chi connectivity index (χ3n) is 6.43. The summed E-state index contributed by atoms with van der Waals surface area (Å²) in [5.41, 5.74) is 4.92. The summed E-state index contributed by atoms with van der Waals surface area (Å²) in [6.07, 6.45) is -4.82. The molecule has 1 fully saturated rings. The molecule has 19 nitrogen and oxygen atoms in total. The number of fused-ring (bicyclic) bond motifs is 1. The molecular weight excluding hydrogens is 631 g/mol. The summed E-state index contributed by atoms with van der Waals surface area (Å²) in [6.45, 7) is 9.66. The Morgan fingerprint density at radius 1 is 1.07 bits per heavy atom. The smallest absolute Gasteiger partial charge is 0.343 e. The van der Waals surface area contributed by atoms with Gasteiger partial charge in [-0.3, -0.25) is 23.7 Å². The van der Waals surface area contributed by atoms with Gasteiger partial charge in [-0.1, -0.05) is 18.6 Å². The molecule has 0 bridgehead atoms. The van der Waals surface area contributed by atoms with Gasteiger partial charge in [-0.15, -0.1) is 5.10 Å². The fraction of sp³-hybridized carbons (Fsp3) is 0.692. The van der Waals surface area contributed by atoms with Gasteiger partial charge < -0.3 is 29.8 Å². The Kier molecular flexibility index (Phi) is 12.1. The molecule has 3 heterocycles. The van der Waals surface area contributed by atoms with E-state index in [-0.39, 0.29) is 11.0 Å². The normalized spacial score (nSPS) is 20.7. The Hall–Kier alpha value is -3.77. The number of aryl methyl sites for hydroxylation is 1. The minimum atomic E-state index is -3.96. The highest BCUT2D eigenvalue weighted by molar-refractivity contribution is 7.61. The molecule has 1 aliphatic rings. The van der Waals surface area contributed by atoms with E-state index >= 15 is 0 Å². The van der Waals surface area contributed by atoms with Gasteiger partial charge in [0.25, 0.3) is 13.0 Å². The van der Waals surface area contributed by atoms with Crippen LogP contribution in [-0.4, -0.2) is 96.5 Å². The van der Waals surface area contributed by atoms with Crippen molar-refractivity contribution >= 4 is 42.3 Å². The first kappa shape index (κ1) is 36.7. The second-order valence-electron chi connectivity index (χ2n) is 11.3. The number of aromatic nitrogens is 5. The highest BCUT2D eigenvalue weighted by Crippen LogP contribution is 2.45. The number of hydrogen-bond donors (Lipinski definition) is 4. The van der Waals surface area contributed by atoms with Crippen molar-refractivity contribution in [3.8, 4) is 0 Å². The van der Waals surface area contributed by atoms with E-state index in [0.29, 0.717) is 18.5 Å². The van der Waals surface area contributed by atoms with Crippen molar-refractivity contribution in [1.82, 2.24) is 34.9 Å². The molecule has 0 spiro atoms. The largest absolute Gasteiger partial charge is 0.479 e. The molecule has 2 aromatic heterocycles. The van der Waals surface area contributed by atoms with Gasteiger partial charge in [0.15, 0.2) is 24.0 Å². The van der Waals surface area contributed by atoms with E-state index in [4.69, 9.17) is 24.7 Å². The molecule has 46 heavy (non-hydrogen) atoms. The lowest BCUT2D eigenvalue weighted by Gasteiger charge is -2.30. The van der Waals surface area contributed by atoms with Gasteiger partial charge in [-0.2, -0.15) is 9.78 Å². The van der Waals surface area contributed by atoms with Crippen LogP contribution in [0.25, 0.3) is 11.0 Å².